The molecule has 0 heterocycles. The van der Waals surface area contributed by atoms with Crippen LogP contribution in [-0.4, -0.2) is 59.3 Å². The molecule has 38 heavy (non-hydrogen) atoms. The summed E-state index contributed by atoms with van der Waals surface area (Å²) in [5.41, 5.74) is 0. The predicted molar refractivity (Wildman–Crippen MR) is 149 cm³/mol. The summed E-state index contributed by atoms with van der Waals surface area (Å²) in [4.78, 5) is 46.8. The van der Waals surface area contributed by atoms with Gasteiger partial charge in [-0.1, -0.05) is 84.5 Å². The number of esters is 1. The van der Waals surface area contributed by atoms with Gasteiger partial charge in [0, 0.05) is 12.8 Å². The van der Waals surface area contributed by atoms with Crippen LogP contribution in [0.2, 0.25) is 0 Å². The van der Waals surface area contributed by atoms with Crippen molar-refractivity contribution in [3.8, 4) is 0 Å². The van der Waals surface area contributed by atoms with Gasteiger partial charge in [-0.25, -0.2) is 4.79 Å². The topological polar surface area (TPSA) is 142 Å². The monoisotopic (exact) mass is 542 g/mol. The average Bonchev–Trinajstić information content (AvgIpc) is 2.89. The lowest BCUT2D eigenvalue weighted by atomic mass is 10.0. The van der Waals surface area contributed by atoms with Crippen molar-refractivity contribution in [1.29, 1.82) is 0 Å². The van der Waals surface area contributed by atoms with Crippen molar-refractivity contribution >= 4 is 23.8 Å². The van der Waals surface area contributed by atoms with Gasteiger partial charge in [0.05, 0.1) is 13.2 Å². The molecule has 222 valence electrons. The van der Waals surface area contributed by atoms with E-state index in [2.05, 4.69) is 24.5 Å². The van der Waals surface area contributed by atoms with Gasteiger partial charge >= 0.3 is 11.9 Å². The SMILES string of the molecule is CCCCCCCCCC(=O)OC(CCCCCC)CCCCCCC(=O)NCC(=O)NC(CO)C(=O)O. The van der Waals surface area contributed by atoms with E-state index in [9.17, 15) is 19.2 Å². The molecule has 0 rings (SSSR count). The Bertz CT molecular complexity index is 642. The van der Waals surface area contributed by atoms with Gasteiger partial charge in [0.25, 0.3) is 0 Å². The quantitative estimate of drug-likeness (QED) is 0.0887. The number of hydrogen-bond acceptors (Lipinski definition) is 6. The van der Waals surface area contributed by atoms with Crippen molar-refractivity contribution in [2.75, 3.05) is 13.2 Å². The van der Waals surface area contributed by atoms with E-state index >= 15 is 0 Å². The molecule has 9 heteroatoms. The van der Waals surface area contributed by atoms with E-state index in [1.54, 1.807) is 0 Å². The highest BCUT2D eigenvalue weighted by Crippen LogP contribution is 2.17. The van der Waals surface area contributed by atoms with Crippen molar-refractivity contribution in [1.82, 2.24) is 10.6 Å². The number of aliphatic carboxylic acids is 1. The minimum Gasteiger partial charge on any atom is -0.480 e. The Hall–Kier alpha value is -2.16. The molecular weight excluding hydrogens is 488 g/mol. The number of aliphatic hydroxyl groups excluding tert-OH is 1. The van der Waals surface area contributed by atoms with Gasteiger partial charge in [0.1, 0.15) is 12.1 Å². The van der Waals surface area contributed by atoms with Crippen molar-refractivity contribution in [3.05, 3.63) is 0 Å². The van der Waals surface area contributed by atoms with E-state index in [0.29, 0.717) is 12.8 Å². The van der Waals surface area contributed by atoms with Crippen molar-refractivity contribution in [2.45, 2.75) is 148 Å². The molecule has 0 saturated carbocycles. The first-order valence-electron chi connectivity index (χ1n) is 14.9. The number of amides is 2. The predicted octanol–water partition coefficient (Wildman–Crippen LogP) is 5.03. The van der Waals surface area contributed by atoms with Crippen LogP contribution in [0.5, 0.6) is 0 Å². The van der Waals surface area contributed by atoms with E-state index in [1.165, 1.54) is 44.9 Å². The van der Waals surface area contributed by atoms with Gasteiger partial charge in [0.2, 0.25) is 11.8 Å². The lowest BCUT2D eigenvalue weighted by molar-refractivity contribution is -0.150. The Morgan fingerprint density at radius 2 is 1.18 bits per heavy atom. The minimum atomic E-state index is -1.38. The third-order valence-electron chi connectivity index (χ3n) is 6.60. The second kappa shape index (κ2) is 25.1. The summed E-state index contributed by atoms with van der Waals surface area (Å²) in [6.07, 6.45) is 18.8. The zero-order valence-corrected chi connectivity index (χ0v) is 23.9. The Labute approximate surface area is 229 Å². The highest BCUT2D eigenvalue weighted by Gasteiger charge is 2.19. The Morgan fingerprint density at radius 1 is 0.684 bits per heavy atom. The number of carboxylic acids is 1. The zero-order chi connectivity index (χ0) is 28.4. The minimum absolute atomic E-state index is 0.0285. The summed E-state index contributed by atoms with van der Waals surface area (Å²) in [6.45, 7) is 3.35. The van der Waals surface area contributed by atoms with Crippen LogP contribution in [0, 0.1) is 0 Å². The highest BCUT2D eigenvalue weighted by atomic mass is 16.5. The Morgan fingerprint density at radius 3 is 1.74 bits per heavy atom. The molecule has 9 nitrogen and oxygen atoms in total. The molecule has 4 N–H and O–H groups in total. The number of rotatable bonds is 26. The van der Waals surface area contributed by atoms with E-state index in [-0.39, 0.29) is 30.9 Å². The maximum Gasteiger partial charge on any atom is 0.328 e. The van der Waals surface area contributed by atoms with Gasteiger partial charge in [-0.15, -0.1) is 0 Å². The highest BCUT2D eigenvalue weighted by molar-refractivity contribution is 5.87. The number of aliphatic hydroxyl groups is 1. The van der Waals surface area contributed by atoms with Gasteiger partial charge in [-0.3, -0.25) is 14.4 Å². The molecule has 0 aliphatic heterocycles. The van der Waals surface area contributed by atoms with Crippen LogP contribution >= 0.6 is 0 Å². The second-order valence-corrected chi connectivity index (χ2v) is 10.2. The molecule has 2 unspecified atom stereocenters. The van der Waals surface area contributed by atoms with E-state index < -0.39 is 24.5 Å². The number of carbonyl (C=O) groups excluding carboxylic acids is 3. The van der Waals surface area contributed by atoms with Crippen LogP contribution in [-0.2, 0) is 23.9 Å². The lowest BCUT2D eigenvalue weighted by Crippen LogP contribution is -2.47. The largest absolute Gasteiger partial charge is 0.480 e. The van der Waals surface area contributed by atoms with Crippen molar-refractivity contribution < 1.29 is 34.1 Å². The molecule has 0 aromatic rings. The summed E-state index contributed by atoms with van der Waals surface area (Å²) in [7, 11) is 0. The van der Waals surface area contributed by atoms with Crippen molar-refractivity contribution in [3.63, 3.8) is 0 Å². The summed E-state index contributed by atoms with van der Waals surface area (Å²) < 4.78 is 5.83. The lowest BCUT2D eigenvalue weighted by Gasteiger charge is -2.18. The van der Waals surface area contributed by atoms with Gasteiger partial charge in [-0.2, -0.15) is 0 Å². The summed E-state index contributed by atoms with van der Waals surface area (Å²) >= 11 is 0. The van der Waals surface area contributed by atoms with Gasteiger partial charge in [-0.05, 0) is 38.5 Å². The molecule has 0 aliphatic rings. The van der Waals surface area contributed by atoms with E-state index in [0.717, 1.165) is 57.8 Å². The first-order valence-corrected chi connectivity index (χ1v) is 14.9. The molecule has 0 radical (unpaired) electrons. The van der Waals surface area contributed by atoms with Crippen LogP contribution in [0.1, 0.15) is 136 Å². The number of hydrogen-bond donors (Lipinski definition) is 4. The zero-order valence-electron chi connectivity index (χ0n) is 23.9. The molecule has 2 amide bonds. The fraction of sp³-hybridized carbons (Fsp3) is 0.862. The molecule has 0 spiro atoms. The third-order valence-corrected chi connectivity index (χ3v) is 6.60. The van der Waals surface area contributed by atoms with Crippen LogP contribution in [0.3, 0.4) is 0 Å². The van der Waals surface area contributed by atoms with E-state index in [4.69, 9.17) is 14.9 Å². The number of unbranched alkanes of at least 4 members (excludes halogenated alkanes) is 12. The normalized spacial score (nSPS) is 12.5. The molecule has 0 aliphatic carbocycles. The first-order chi connectivity index (χ1) is 18.3. The fourth-order valence-electron chi connectivity index (χ4n) is 4.24. The number of nitrogens with one attached hydrogen (secondary N) is 2. The molecule has 0 fully saturated rings. The molecule has 0 saturated heterocycles. The van der Waals surface area contributed by atoms with Gasteiger partial charge in [0.15, 0.2) is 0 Å². The second-order valence-electron chi connectivity index (χ2n) is 10.2. The summed E-state index contributed by atoms with van der Waals surface area (Å²) in [5, 5.41) is 22.3. The van der Waals surface area contributed by atoms with E-state index in [1.807, 2.05) is 0 Å². The molecule has 2 atom stereocenters. The number of ether oxygens (including phenoxy) is 1. The fourth-order valence-corrected chi connectivity index (χ4v) is 4.24. The maximum atomic E-state index is 12.4. The molecule has 0 aromatic carbocycles. The summed E-state index contributed by atoms with van der Waals surface area (Å²) in [6, 6.07) is -1.38. The Kier molecular flexibility index (Phi) is 23.7. The van der Waals surface area contributed by atoms with Crippen LogP contribution < -0.4 is 10.6 Å². The average molecular weight is 543 g/mol. The Balaban J connectivity index is 4.12. The molecule has 0 aromatic heterocycles. The molecular formula is C29H54N2O7. The number of carboxylic acid groups (broad SMARTS) is 1. The van der Waals surface area contributed by atoms with Gasteiger partial charge < -0.3 is 25.6 Å². The smallest absolute Gasteiger partial charge is 0.328 e. The van der Waals surface area contributed by atoms with Crippen LogP contribution in [0.15, 0.2) is 0 Å². The third kappa shape index (κ3) is 21.9. The van der Waals surface area contributed by atoms with Crippen molar-refractivity contribution in [2.24, 2.45) is 0 Å². The maximum absolute atomic E-state index is 12.4. The summed E-state index contributed by atoms with van der Waals surface area (Å²) in [5.74, 6) is -2.35. The van der Waals surface area contributed by atoms with Crippen LogP contribution in [0.25, 0.3) is 0 Å². The van der Waals surface area contributed by atoms with Crippen LogP contribution in [0.4, 0.5) is 0 Å². The molecule has 0 bridgehead atoms. The first kappa shape index (κ1) is 35.8. The standard InChI is InChI=1S/C29H54N2O7/c1-3-5-7-9-10-11-17-21-28(35)38-24(18-14-8-6-4-2)19-15-12-13-16-20-26(33)30-22-27(34)31-25(23-32)29(36)37/h24-25,32H,3-23H2,1-2H3,(H,30,33)(H,31,34)(H,36,37). The number of carbonyl (C=O) groups is 4.